The van der Waals surface area contributed by atoms with Crippen LogP contribution in [-0.4, -0.2) is 5.78 Å². The van der Waals surface area contributed by atoms with Gasteiger partial charge in [0.15, 0.2) is 17.4 Å². The Balaban J connectivity index is 1.52. The lowest BCUT2D eigenvalue weighted by Crippen LogP contribution is -2.15. The number of carbonyl (C=O) groups excluding carboxylic acids is 1. The van der Waals surface area contributed by atoms with Gasteiger partial charge in [0.1, 0.15) is 0 Å². The van der Waals surface area contributed by atoms with Crippen LogP contribution < -0.4 is 0 Å². The lowest BCUT2D eigenvalue weighted by Gasteiger charge is -2.19. The predicted molar refractivity (Wildman–Crippen MR) is 136 cm³/mol. The van der Waals surface area contributed by atoms with Crippen molar-refractivity contribution in [3.8, 4) is 22.3 Å². The van der Waals surface area contributed by atoms with E-state index in [1.54, 1.807) is 24.3 Å². The molecule has 1 fully saturated rings. The van der Waals surface area contributed by atoms with Crippen molar-refractivity contribution in [3.63, 3.8) is 0 Å². The van der Waals surface area contributed by atoms with Gasteiger partial charge in [-0.1, -0.05) is 87.4 Å². The van der Waals surface area contributed by atoms with Gasteiger partial charge < -0.3 is 0 Å². The molecule has 4 rings (SSSR count). The van der Waals surface area contributed by atoms with Gasteiger partial charge in [0.25, 0.3) is 0 Å². The van der Waals surface area contributed by atoms with E-state index >= 15 is 8.78 Å². The summed E-state index contributed by atoms with van der Waals surface area (Å²) in [5, 5.41) is 0. The van der Waals surface area contributed by atoms with Crippen molar-refractivity contribution in [2.45, 2.75) is 58.8 Å². The first kappa shape index (κ1) is 24.1. The summed E-state index contributed by atoms with van der Waals surface area (Å²) in [5.74, 6) is -1.02. The number of aryl methyl sites for hydroxylation is 1. The maximum Gasteiger partial charge on any atom is 0.167 e. The van der Waals surface area contributed by atoms with E-state index in [0.29, 0.717) is 23.5 Å². The molecule has 0 spiro atoms. The molecular weight excluding hydrogens is 426 g/mol. The predicted octanol–water partition coefficient (Wildman–Crippen LogP) is 8.80. The highest BCUT2D eigenvalue weighted by molar-refractivity contribution is 6.00. The Bertz CT molecular complexity index is 1170. The third-order valence-corrected chi connectivity index (χ3v) is 6.78. The Morgan fingerprint density at radius 1 is 0.853 bits per heavy atom. The van der Waals surface area contributed by atoms with Gasteiger partial charge in [-0.3, -0.25) is 4.79 Å². The zero-order valence-electron chi connectivity index (χ0n) is 20.0. The van der Waals surface area contributed by atoms with Crippen LogP contribution in [0.5, 0.6) is 0 Å². The molecule has 3 aromatic carbocycles. The van der Waals surface area contributed by atoms with Gasteiger partial charge in [0.2, 0.25) is 0 Å². The second-order valence-corrected chi connectivity index (χ2v) is 9.51. The molecule has 1 saturated carbocycles. The van der Waals surface area contributed by atoms with Crippen LogP contribution in [-0.2, 0) is 11.2 Å². The summed E-state index contributed by atoms with van der Waals surface area (Å²) < 4.78 is 30.1. The van der Waals surface area contributed by atoms with E-state index < -0.39 is 11.6 Å². The second kappa shape index (κ2) is 10.9. The molecule has 3 heteroatoms. The number of allylic oxidation sites excluding steroid dienone is 1. The summed E-state index contributed by atoms with van der Waals surface area (Å²) in [6, 6.07) is 18.3. The monoisotopic (exact) mass is 458 g/mol. The van der Waals surface area contributed by atoms with E-state index in [0.717, 1.165) is 36.8 Å². The van der Waals surface area contributed by atoms with Crippen molar-refractivity contribution < 1.29 is 13.6 Å². The Hall–Kier alpha value is -3.07. The number of halogens is 2. The number of rotatable bonds is 7. The van der Waals surface area contributed by atoms with Crippen LogP contribution in [0.1, 0.15) is 63.5 Å². The largest absolute Gasteiger partial charge is 0.295 e. The second-order valence-electron chi connectivity index (χ2n) is 9.51. The van der Waals surface area contributed by atoms with Crippen molar-refractivity contribution in [2.24, 2.45) is 5.92 Å². The van der Waals surface area contributed by atoms with E-state index in [-0.39, 0.29) is 16.9 Å². The summed E-state index contributed by atoms with van der Waals surface area (Å²) in [4.78, 5) is 12.2. The standard InChI is InChI=1S/C31H32F2O/c1-3-4-5-6-22-8-13-24(14-9-22)27-17-18-28(31(33)30(27)32)25-15-10-23(11-16-25)20-26-12-7-21(2)19-29(26)34/h8-11,13-18,20-21H,3-7,12,19H2,1-2H3/b26-20-/t21-/m1/s1. The molecule has 1 atom stereocenters. The van der Waals surface area contributed by atoms with Crippen molar-refractivity contribution in [1.29, 1.82) is 0 Å². The lowest BCUT2D eigenvalue weighted by molar-refractivity contribution is -0.117. The lowest BCUT2D eigenvalue weighted by atomic mass is 9.85. The van der Waals surface area contributed by atoms with Crippen LogP contribution in [0.4, 0.5) is 8.78 Å². The van der Waals surface area contributed by atoms with Crippen molar-refractivity contribution >= 4 is 11.9 Å². The van der Waals surface area contributed by atoms with Gasteiger partial charge in [-0.2, -0.15) is 0 Å². The van der Waals surface area contributed by atoms with Gasteiger partial charge in [-0.15, -0.1) is 0 Å². The van der Waals surface area contributed by atoms with Crippen molar-refractivity contribution in [1.82, 2.24) is 0 Å². The molecule has 1 nitrogen and oxygen atoms in total. The zero-order valence-corrected chi connectivity index (χ0v) is 20.0. The van der Waals surface area contributed by atoms with Crippen LogP contribution >= 0.6 is 0 Å². The maximum absolute atomic E-state index is 15.0. The highest BCUT2D eigenvalue weighted by Crippen LogP contribution is 2.32. The highest BCUT2D eigenvalue weighted by atomic mass is 19.2. The van der Waals surface area contributed by atoms with E-state index in [4.69, 9.17) is 0 Å². The molecule has 0 bridgehead atoms. The number of unbranched alkanes of at least 4 members (excludes halogenated alkanes) is 2. The summed E-state index contributed by atoms with van der Waals surface area (Å²) in [5.41, 5.74) is 4.76. The highest BCUT2D eigenvalue weighted by Gasteiger charge is 2.20. The summed E-state index contributed by atoms with van der Waals surface area (Å²) in [7, 11) is 0. The fraction of sp³-hybridized carbons (Fsp3) is 0.323. The number of hydrogen-bond donors (Lipinski definition) is 0. The molecule has 3 aromatic rings. The fourth-order valence-corrected chi connectivity index (χ4v) is 4.63. The van der Waals surface area contributed by atoms with Crippen LogP contribution in [0.3, 0.4) is 0 Å². The molecule has 1 aliphatic rings. The number of ketones is 1. The van der Waals surface area contributed by atoms with Crippen LogP contribution in [0, 0.1) is 17.6 Å². The number of Topliss-reactive ketones (excluding diaryl/α,β-unsaturated/α-hetero) is 1. The van der Waals surface area contributed by atoms with E-state index in [1.165, 1.54) is 18.4 Å². The first-order valence-electron chi connectivity index (χ1n) is 12.4. The van der Waals surface area contributed by atoms with Crippen LogP contribution in [0.15, 0.2) is 66.2 Å². The number of benzene rings is 3. The van der Waals surface area contributed by atoms with E-state index in [9.17, 15) is 4.79 Å². The minimum Gasteiger partial charge on any atom is -0.295 e. The average Bonchev–Trinajstić information content (AvgIpc) is 2.84. The smallest absolute Gasteiger partial charge is 0.167 e. The SMILES string of the molecule is CCCCCc1ccc(-c2ccc(-c3ccc(/C=C4/CC[C@@H](C)CC4=O)cc3)c(F)c2F)cc1. The van der Waals surface area contributed by atoms with Crippen LogP contribution in [0.2, 0.25) is 0 Å². The first-order valence-corrected chi connectivity index (χ1v) is 12.4. The Kier molecular flexibility index (Phi) is 7.72. The van der Waals surface area contributed by atoms with Gasteiger partial charge in [0.05, 0.1) is 0 Å². The van der Waals surface area contributed by atoms with Crippen molar-refractivity contribution in [3.05, 3.63) is 89.0 Å². The van der Waals surface area contributed by atoms with Gasteiger partial charge in [-0.05, 0) is 65.5 Å². The maximum atomic E-state index is 15.0. The van der Waals surface area contributed by atoms with Gasteiger partial charge in [0, 0.05) is 17.5 Å². The molecule has 0 amide bonds. The first-order chi connectivity index (χ1) is 16.5. The van der Waals surface area contributed by atoms with Gasteiger partial charge >= 0.3 is 0 Å². The molecule has 0 N–H and O–H groups in total. The third kappa shape index (κ3) is 5.52. The summed E-state index contributed by atoms with van der Waals surface area (Å²) in [6.07, 6.45) is 8.85. The number of carbonyl (C=O) groups is 1. The summed E-state index contributed by atoms with van der Waals surface area (Å²) in [6.45, 7) is 4.28. The van der Waals surface area contributed by atoms with E-state index in [2.05, 4.69) is 13.8 Å². The van der Waals surface area contributed by atoms with Crippen LogP contribution in [0.25, 0.3) is 28.3 Å². The molecule has 0 aliphatic heterocycles. The quantitative estimate of drug-likeness (QED) is 0.255. The molecule has 34 heavy (non-hydrogen) atoms. The minimum absolute atomic E-state index is 0.209. The molecule has 0 saturated heterocycles. The van der Waals surface area contributed by atoms with E-state index in [1.807, 2.05) is 42.5 Å². The molecule has 0 radical (unpaired) electrons. The fourth-order valence-electron chi connectivity index (χ4n) is 4.63. The normalized spacial score (nSPS) is 17.4. The molecule has 0 aromatic heterocycles. The Labute approximate surface area is 201 Å². The number of hydrogen-bond acceptors (Lipinski definition) is 1. The topological polar surface area (TPSA) is 17.1 Å². The molecule has 1 aliphatic carbocycles. The molecule has 176 valence electrons. The van der Waals surface area contributed by atoms with Crippen molar-refractivity contribution in [2.75, 3.05) is 0 Å². The average molecular weight is 459 g/mol. The zero-order chi connectivity index (χ0) is 24.1. The minimum atomic E-state index is -0.841. The summed E-state index contributed by atoms with van der Waals surface area (Å²) >= 11 is 0. The molecular formula is C31H32F2O. The Morgan fingerprint density at radius 2 is 1.44 bits per heavy atom. The molecule has 0 heterocycles. The van der Waals surface area contributed by atoms with Gasteiger partial charge in [-0.25, -0.2) is 8.78 Å². The Morgan fingerprint density at radius 3 is 2.00 bits per heavy atom. The molecule has 0 unspecified atom stereocenters. The third-order valence-electron chi connectivity index (χ3n) is 6.78.